The number of hydrogen-bond acceptors (Lipinski definition) is 5. The third-order valence-electron chi connectivity index (χ3n) is 5.51. The molecule has 29 heavy (non-hydrogen) atoms. The van der Waals surface area contributed by atoms with E-state index in [-0.39, 0.29) is 17.5 Å². The van der Waals surface area contributed by atoms with Crippen LogP contribution in [-0.4, -0.2) is 58.0 Å². The molecule has 0 saturated carbocycles. The van der Waals surface area contributed by atoms with Crippen molar-refractivity contribution in [3.05, 3.63) is 53.0 Å². The maximum Gasteiger partial charge on any atom is 0.335 e. The van der Waals surface area contributed by atoms with Crippen LogP contribution in [0.3, 0.4) is 0 Å². The number of nitrogens with zero attached hydrogens (tertiary/aromatic N) is 4. The molecule has 1 aromatic carbocycles. The SMILES string of the molecule is Cc1cc(N2CCC(N(C)C(=O)CCc3ccc(C(=O)O)cc3)CC2)nc(C)n1. The summed E-state index contributed by atoms with van der Waals surface area (Å²) in [6.45, 7) is 5.63. The number of hydrogen-bond donors (Lipinski definition) is 1. The van der Waals surface area contributed by atoms with Gasteiger partial charge in [-0.25, -0.2) is 14.8 Å². The molecular formula is C22H28N4O3. The Hall–Kier alpha value is -2.96. The molecule has 1 amide bonds. The molecule has 3 rings (SSSR count). The van der Waals surface area contributed by atoms with Crippen LogP contribution in [0.1, 0.15) is 46.7 Å². The highest BCUT2D eigenvalue weighted by molar-refractivity contribution is 5.87. The van der Waals surface area contributed by atoms with Gasteiger partial charge in [-0.2, -0.15) is 0 Å². The van der Waals surface area contributed by atoms with Crippen LogP contribution in [0.5, 0.6) is 0 Å². The van der Waals surface area contributed by atoms with E-state index in [4.69, 9.17) is 5.11 Å². The van der Waals surface area contributed by atoms with Gasteiger partial charge in [0.05, 0.1) is 5.56 Å². The minimum Gasteiger partial charge on any atom is -0.478 e. The Balaban J connectivity index is 1.50. The number of aromatic nitrogens is 2. The first-order valence-corrected chi connectivity index (χ1v) is 9.98. The van der Waals surface area contributed by atoms with Crippen molar-refractivity contribution in [1.82, 2.24) is 14.9 Å². The molecule has 1 N–H and O–H groups in total. The van der Waals surface area contributed by atoms with Gasteiger partial charge in [0.25, 0.3) is 0 Å². The van der Waals surface area contributed by atoms with E-state index in [1.54, 1.807) is 24.3 Å². The summed E-state index contributed by atoms with van der Waals surface area (Å²) in [5, 5.41) is 8.96. The Morgan fingerprint density at radius 3 is 2.38 bits per heavy atom. The molecule has 2 heterocycles. The lowest BCUT2D eigenvalue weighted by atomic mass is 10.0. The Labute approximate surface area is 171 Å². The Morgan fingerprint density at radius 2 is 1.79 bits per heavy atom. The molecule has 7 nitrogen and oxygen atoms in total. The second kappa shape index (κ2) is 9.03. The van der Waals surface area contributed by atoms with Gasteiger partial charge in [-0.3, -0.25) is 4.79 Å². The van der Waals surface area contributed by atoms with Gasteiger partial charge in [-0.05, 0) is 50.8 Å². The average Bonchev–Trinajstić information content (AvgIpc) is 2.71. The van der Waals surface area contributed by atoms with Gasteiger partial charge in [0.15, 0.2) is 0 Å². The topological polar surface area (TPSA) is 86.6 Å². The molecular weight excluding hydrogens is 368 g/mol. The van der Waals surface area contributed by atoms with Crippen molar-refractivity contribution in [2.75, 3.05) is 25.0 Å². The van der Waals surface area contributed by atoms with E-state index in [1.165, 1.54) is 0 Å². The summed E-state index contributed by atoms with van der Waals surface area (Å²) in [6.07, 6.45) is 2.87. The Morgan fingerprint density at radius 1 is 1.14 bits per heavy atom. The van der Waals surface area contributed by atoms with Gasteiger partial charge >= 0.3 is 5.97 Å². The lowest BCUT2D eigenvalue weighted by Crippen LogP contribution is -2.46. The molecule has 0 spiro atoms. The number of carboxylic acid groups (broad SMARTS) is 1. The fourth-order valence-corrected chi connectivity index (χ4v) is 3.79. The molecule has 0 unspecified atom stereocenters. The number of carboxylic acids is 1. The summed E-state index contributed by atoms with van der Waals surface area (Å²) >= 11 is 0. The third kappa shape index (κ3) is 5.31. The highest BCUT2D eigenvalue weighted by Crippen LogP contribution is 2.22. The van der Waals surface area contributed by atoms with Crippen LogP contribution < -0.4 is 4.90 Å². The number of aryl methyl sites for hydroxylation is 3. The highest BCUT2D eigenvalue weighted by Gasteiger charge is 2.26. The zero-order chi connectivity index (χ0) is 21.0. The Kier molecular flexibility index (Phi) is 6.46. The van der Waals surface area contributed by atoms with Gasteiger partial charge in [0.1, 0.15) is 11.6 Å². The van der Waals surface area contributed by atoms with Gasteiger partial charge in [0.2, 0.25) is 5.91 Å². The quantitative estimate of drug-likeness (QED) is 0.808. The molecule has 1 aliphatic rings. The summed E-state index contributed by atoms with van der Waals surface area (Å²) < 4.78 is 0. The number of aromatic carboxylic acids is 1. The average molecular weight is 396 g/mol. The smallest absolute Gasteiger partial charge is 0.335 e. The van der Waals surface area contributed by atoms with Crippen molar-refractivity contribution in [2.24, 2.45) is 0 Å². The normalized spacial score (nSPS) is 14.7. The van der Waals surface area contributed by atoms with Crippen LogP contribution in [0.4, 0.5) is 5.82 Å². The first kappa shape index (κ1) is 20.8. The van der Waals surface area contributed by atoms with Crippen molar-refractivity contribution in [1.29, 1.82) is 0 Å². The highest BCUT2D eigenvalue weighted by atomic mass is 16.4. The molecule has 0 radical (unpaired) electrons. The lowest BCUT2D eigenvalue weighted by molar-refractivity contribution is -0.132. The summed E-state index contributed by atoms with van der Waals surface area (Å²) in [7, 11) is 1.88. The van der Waals surface area contributed by atoms with E-state index in [2.05, 4.69) is 14.9 Å². The van der Waals surface area contributed by atoms with Crippen molar-refractivity contribution in [3.63, 3.8) is 0 Å². The minimum absolute atomic E-state index is 0.125. The van der Waals surface area contributed by atoms with Gasteiger partial charge in [-0.1, -0.05) is 12.1 Å². The fourth-order valence-electron chi connectivity index (χ4n) is 3.79. The van der Waals surface area contributed by atoms with E-state index >= 15 is 0 Å². The minimum atomic E-state index is -0.939. The molecule has 1 aromatic heterocycles. The van der Waals surface area contributed by atoms with E-state index in [1.807, 2.05) is 31.9 Å². The summed E-state index contributed by atoms with van der Waals surface area (Å²) in [5.41, 5.74) is 2.21. The first-order valence-electron chi connectivity index (χ1n) is 9.98. The van der Waals surface area contributed by atoms with Gasteiger partial charge in [0, 0.05) is 44.4 Å². The molecule has 0 aliphatic carbocycles. The second-order valence-corrected chi connectivity index (χ2v) is 7.64. The van der Waals surface area contributed by atoms with Crippen LogP contribution in [0, 0.1) is 13.8 Å². The van der Waals surface area contributed by atoms with Crippen LogP contribution in [-0.2, 0) is 11.2 Å². The number of rotatable bonds is 6. The maximum atomic E-state index is 12.6. The van der Waals surface area contributed by atoms with E-state index in [0.717, 1.165) is 48.8 Å². The van der Waals surface area contributed by atoms with Crippen LogP contribution >= 0.6 is 0 Å². The monoisotopic (exact) mass is 396 g/mol. The molecule has 154 valence electrons. The summed E-state index contributed by atoms with van der Waals surface area (Å²) in [6, 6.07) is 8.97. The number of carbonyl (C=O) groups is 2. The summed E-state index contributed by atoms with van der Waals surface area (Å²) in [5.74, 6) is 0.934. The van der Waals surface area contributed by atoms with Crippen LogP contribution in [0.25, 0.3) is 0 Å². The molecule has 1 aliphatic heterocycles. The zero-order valence-corrected chi connectivity index (χ0v) is 17.3. The van der Waals surface area contributed by atoms with Crippen molar-refractivity contribution in [2.45, 2.75) is 45.6 Å². The molecule has 1 fully saturated rings. The molecule has 7 heteroatoms. The lowest BCUT2D eigenvalue weighted by Gasteiger charge is -2.37. The predicted octanol–water partition coefficient (Wildman–Crippen LogP) is 2.85. The number of benzene rings is 1. The van der Waals surface area contributed by atoms with Crippen LogP contribution in [0.2, 0.25) is 0 Å². The predicted molar refractivity (Wildman–Crippen MR) is 111 cm³/mol. The number of amides is 1. The molecule has 1 saturated heterocycles. The van der Waals surface area contributed by atoms with Crippen LogP contribution in [0.15, 0.2) is 30.3 Å². The van der Waals surface area contributed by atoms with Gasteiger partial charge < -0.3 is 14.9 Å². The first-order chi connectivity index (χ1) is 13.8. The number of piperidine rings is 1. The van der Waals surface area contributed by atoms with Crippen molar-refractivity contribution in [3.8, 4) is 0 Å². The van der Waals surface area contributed by atoms with Gasteiger partial charge in [-0.15, -0.1) is 0 Å². The molecule has 0 bridgehead atoms. The zero-order valence-electron chi connectivity index (χ0n) is 17.3. The number of carbonyl (C=O) groups excluding carboxylic acids is 1. The maximum absolute atomic E-state index is 12.6. The summed E-state index contributed by atoms with van der Waals surface area (Å²) in [4.78, 5) is 36.6. The third-order valence-corrected chi connectivity index (χ3v) is 5.51. The Bertz CT molecular complexity index is 854. The van der Waals surface area contributed by atoms with Crippen molar-refractivity contribution >= 4 is 17.7 Å². The number of anilines is 1. The standard InChI is InChI=1S/C22H28N4O3/c1-15-14-20(24-16(2)23-15)26-12-10-19(11-13-26)25(3)21(27)9-6-17-4-7-18(8-5-17)22(28)29/h4-5,7-8,14,19H,6,9-13H2,1-3H3,(H,28,29). The van der Waals surface area contributed by atoms with E-state index in [0.29, 0.717) is 12.8 Å². The van der Waals surface area contributed by atoms with Crippen molar-refractivity contribution < 1.29 is 14.7 Å². The van der Waals surface area contributed by atoms with E-state index in [9.17, 15) is 9.59 Å². The second-order valence-electron chi connectivity index (χ2n) is 7.64. The largest absolute Gasteiger partial charge is 0.478 e. The molecule has 2 aromatic rings. The molecule has 0 atom stereocenters. The van der Waals surface area contributed by atoms with E-state index < -0.39 is 5.97 Å². The fraction of sp³-hybridized carbons (Fsp3) is 0.455.